The number of nitrogens with zero attached hydrogens (tertiary/aromatic N) is 1. The first-order valence-corrected chi connectivity index (χ1v) is 10.7. The van der Waals surface area contributed by atoms with Crippen LogP contribution in [0.1, 0.15) is 5.56 Å². The highest BCUT2D eigenvalue weighted by Crippen LogP contribution is 2.29. The number of sulfonamides is 1. The monoisotopic (exact) mass is 436 g/mol. The first-order chi connectivity index (χ1) is 13.9. The minimum Gasteiger partial charge on any atom is -0.495 e. The smallest absolute Gasteiger partial charge is 0.248 e. The van der Waals surface area contributed by atoms with Crippen LogP contribution in [0.3, 0.4) is 0 Å². The third-order valence-electron chi connectivity index (χ3n) is 4.31. The number of amides is 1. The zero-order chi connectivity index (χ0) is 20.9. The first kappa shape index (κ1) is 21.3. The SMILES string of the molecule is COc1ccc(/C=C/C(=O)Nc2ccc(Cl)cc2)cc1S(=O)(=O)N1CCOCC1. The number of morpholine rings is 1. The fraction of sp³-hybridized carbons (Fsp3) is 0.250. The van der Waals surface area contributed by atoms with E-state index >= 15 is 0 Å². The zero-order valence-corrected chi connectivity index (χ0v) is 17.4. The Kier molecular flexibility index (Phi) is 6.92. The van der Waals surface area contributed by atoms with E-state index in [9.17, 15) is 13.2 Å². The maximum absolute atomic E-state index is 13.0. The molecule has 1 amide bonds. The molecule has 1 fully saturated rings. The third kappa shape index (κ3) is 5.36. The largest absolute Gasteiger partial charge is 0.495 e. The number of methoxy groups -OCH3 is 1. The molecule has 29 heavy (non-hydrogen) atoms. The number of anilines is 1. The lowest BCUT2D eigenvalue weighted by Gasteiger charge is -2.26. The predicted molar refractivity (Wildman–Crippen MR) is 112 cm³/mol. The van der Waals surface area contributed by atoms with Crippen LogP contribution in [-0.2, 0) is 19.6 Å². The van der Waals surface area contributed by atoms with Gasteiger partial charge < -0.3 is 14.8 Å². The Balaban J connectivity index is 1.79. The van der Waals surface area contributed by atoms with Gasteiger partial charge in [-0.25, -0.2) is 8.42 Å². The second kappa shape index (κ2) is 9.41. The Bertz CT molecular complexity index is 1000. The van der Waals surface area contributed by atoms with E-state index in [0.29, 0.717) is 29.5 Å². The highest BCUT2D eigenvalue weighted by Gasteiger charge is 2.29. The minimum atomic E-state index is -3.74. The minimum absolute atomic E-state index is 0.0576. The summed E-state index contributed by atoms with van der Waals surface area (Å²) in [5.74, 6) is -0.0972. The van der Waals surface area contributed by atoms with Crippen LogP contribution >= 0.6 is 11.6 Å². The molecule has 0 bridgehead atoms. The van der Waals surface area contributed by atoms with Gasteiger partial charge in [-0.3, -0.25) is 4.79 Å². The number of halogens is 1. The molecule has 154 valence electrons. The van der Waals surface area contributed by atoms with Gasteiger partial charge in [-0.05, 0) is 48.0 Å². The van der Waals surface area contributed by atoms with Gasteiger partial charge in [0, 0.05) is 29.9 Å². The molecule has 1 aliphatic heterocycles. The Hall–Kier alpha value is -2.39. The molecule has 0 spiro atoms. The van der Waals surface area contributed by atoms with E-state index in [0.717, 1.165) is 0 Å². The van der Waals surface area contributed by atoms with E-state index in [1.165, 1.54) is 23.6 Å². The van der Waals surface area contributed by atoms with Crippen LogP contribution in [0.5, 0.6) is 5.75 Å². The van der Waals surface area contributed by atoms with Crippen LogP contribution in [0.25, 0.3) is 6.08 Å². The number of rotatable bonds is 6. The predicted octanol–water partition coefficient (Wildman–Crippen LogP) is 3.02. The average Bonchev–Trinajstić information content (AvgIpc) is 2.74. The molecule has 1 heterocycles. The third-order valence-corrected chi connectivity index (χ3v) is 6.49. The average molecular weight is 437 g/mol. The fourth-order valence-electron chi connectivity index (χ4n) is 2.81. The number of benzene rings is 2. The maximum Gasteiger partial charge on any atom is 0.248 e. The Morgan fingerprint density at radius 3 is 2.52 bits per heavy atom. The van der Waals surface area contributed by atoms with Crippen LogP contribution < -0.4 is 10.1 Å². The molecule has 0 atom stereocenters. The summed E-state index contributed by atoms with van der Waals surface area (Å²) in [6.07, 6.45) is 2.88. The van der Waals surface area contributed by atoms with E-state index in [1.807, 2.05) is 0 Å². The molecule has 0 aliphatic carbocycles. The molecular weight excluding hydrogens is 416 g/mol. The summed E-state index contributed by atoms with van der Waals surface area (Å²) in [5.41, 5.74) is 1.17. The summed E-state index contributed by atoms with van der Waals surface area (Å²) in [7, 11) is -2.32. The fourth-order valence-corrected chi connectivity index (χ4v) is 4.54. The van der Waals surface area contributed by atoms with Crippen molar-refractivity contribution in [3.8, 4) is 5.75 Å². The lowest BCUT2D eigenvalue weighted by Crippen LogP contribution is -2.40. The van der Waals surface area contributed by atoms with Gasteiger partial charge in [0.1, 0.15) is 10.6 Å². The van der Waals surface area contributed by atoms with Crippen LogP contribution in [0, 0.1) is 0 Å². The summed E-state index contributed by atoms with van der Waals surface area (Å²) in [6.45, 7) is 1.28. The molecular formula is C20H21ClN2O5S. The van der Waals surface area contributed by atoms with Gasteiger partial charge >= 0.3 is 0 Å². The second-order valence-electron chi connectivity index (χ2n) is 6.26. The molecule has 9 heteroatoms. The Morgan fingerprint density at radius 2 is 1.86 bits per heavy atom. The summed E-state index contributed by atoms with van der Waals surface area (Å²) in [4.78, 5) is 12.2. The lowest BCUT2D eigenvalue weighted by atomic mass is 10.2. The van der Waals surface area contributed by atoms with Crippen LogP contribution in [0.15, 0.2) is 53.4 Å². The van der Waals surface area contributed by atoms with Gasteiger partial charge in [0.25, 0.3) is 0 Å². The molecule has 0 saturated carbocycles. The van der Waals surface area contributed by atoms with Crippen molar-refractivity contribution >= 4 is 39.3 Å². The number of hydrogen-bond acceptors (Lipinski definition) is 5. The van der Waals surface area contributed by atoms with Gasteiger partial charge in [-0.15, -0.1) is 0 Å². The molecule has 1 N–H and O–H groups in total. The number of hydrogen-bond donors (Lipinski definition) is 1. The normalized spacial score (nSPS) is 15.4. The van der Waals surface area contributed by atoms with Crippen molar-refractivity contribution in [3.63, 3.8) is 0 Å². The summed E-state index contributed by atoms with van der Waals surface area (Å²) < 4.78 is 37.8. The first-order valence-electron chi connectivity index (χ1n) is 8.91. The van der Waals surface area contributed by atoms with E-state index in [1.54, 1.807) is 42.5 Å². The summed E-state index contributed by atoms with van der Waals surface area (Å²) in [5, 5.41) is 3.28. The van der Waals surface area contributed by atoms with Gasteiger partial charge in [0.15, 0.2) is 0 Å². The molecule has 1 saturated heterocycles. The maximum atomic E-state index is 13.0. The van der Waals surface area contributed by atoms with Crippen molar-refractivity contribution in [2.24, 2.45) is 0 Å². The summed E-state index contributed by atoms with van der Waals surface area (Å²) in [6, 6.07) is 11.5. The topological polar surface area (TPSA) is 84.9 Å². The number of ether oxygens (including phenoxy) is 2. The Labute approximate surface area is 174 Å². The van der Waals surface area contributed by atoms with Gasteiger partial charge in [-0.1, -0.05) is 17.7 Å². The zero-order valence-electron chi connectivity index (χ0n) is 15.8. The molecule has 2 aromatic carbocycles. The lowest BCUT2D eigenvalue weighted by molar-refractivity contribution is -0.111. The van der Waals surface area contributed by atoms with Crippen molar-refractivity contribution in [1.29, 1.82) is 0 Å². The highest BCUT2D eigenvalue weighted by molar-refractivity contribution is 7.89. The highest BCUT2D eigenvalue weighted by atomic mass is 35.5. The van der Waals surface area contributed by atoms with Gasteiger partial charge in [-0.2, -0.15) is 4.31 Å². The van der Waals surface area contributed by atoms with E-state index in [2.05, 4.69) is 5.32 Å². The van der Waals surface area contributed by atoms with Crippen molar-refractivity contribution in [3.05, 3.63) is 59.1 Å². The van der Waals surface area contributed by atoms with Crippen LogP contribution in [0.2, 0.25) is 5.02 Å². The van der Waals surface area contributed by atoms with Crippen molar-refractivity contribution < 1.29 is 22.7 Å². The Morgan fingerprint density at radius 1 is 1.17 bits per heavy atom. The molecule has 0 unspecified atom stereocenters. The molecule has 0 aromatic heterocycles. The van der Waals surface area contributed by atoms with E-state index in [-0.39, 0.29) is 29.6 Å². The van der Waals surface area contributed by atoms with Crippen molar-refractivity contribution in [1.82, 2.24) is 4.31 Å². The van der Waals surface area contributed by atoms with Crippen molar-refractivity contribution in [2.45, 2.75) is 4.90 Å². The number of nitrogens with one attached hydrogen (secondary N) is 1. The number of carbonyl (C=O) groups is 1. The number of carbonyl (C=O) groups excluding carboxylic acids is 1. The van der Waals surface area contributed by atoms with Crippen LogP contribution in [-0.4, -0.2) is 52.0 Å². The second-order valence-corrected chi connectivity index (χ2v) is 8.60. The molecule has 3 rings (SSSR count). The quantitative estimate of drug-likeness (QED) is 0.703. The molecule has 7 nitrogen and oxygen atoms in total. The van der Waals surface area contributed by atoms with Crippen molar-refractivity contribution in [2.75, 3.05) is 38.7 Å². The van der Waals surface area contributed by atoms with Gasteiger partial charge in [0.2, 0.25) is 15.9 Å². The van der Waals surface area contributed by atoms with E-state index in [4.69, 9.17) is 21.1 Å². The standard InChI is InChI=1S/C20H21ClN2O5S/c1-27-18-8-2-15(3-9-20(24)22-17-6-4-16(21)5-7-17)14-19(18)29(25,26)23-10-12-28-13-11-23/h2-9,14H,10-13H2,1H3,(H,22,24)/b9-3+. The molecule has 2 aromatic rings. The summed E-state index contributed by atoms with van der Waals surface area (Å²) >= 11 is 5.83. The molecule has 1 aliphatic rings. The molecule has 0 radical (unpaired) electrons. The van der Waals surface area contributed by atoms with E-state index < -0.39 is 10.0 Å². The van der Waals surface area contributed by atoms with Crippen LogP contribution in [0.4, 0.5) is 5.69 Å². The van der Waals surface area contributed by atoms with Gasteiger partial charge in [0.05, 0.1) is 20.3 Å².